The van der Waals surface area contributed by atoms with Gasteiger partial charge in [0.2, 0.25) is 0 Å². The van der Waals surface area contributed by atoms with Crippen LogP contribution in [0.15, 0.2) is 0 Å². The van der Waals surface area contributed by atoms with Gasteiger partial charge in [-0.2, -0.15) is 0 Å². The van der Waals surface area contributed by atoms with Crippen molar-refractivity contribution in [1.82, 2.24) is 0 Å². The molecule has 0 saturated heterocycles. The van der Waals surface area contributed by atoms with Crippen molar-refractivity contribution >= 4 is 19.7 Å². The van der Waals surface area contributed by atoms with E-state index in [2.05, 4.69) is 9.47 Å². The smallest absolute Gasteiger partial charge is 0.273 e. The topological polar surface area (TPSA) is 86.7 Å². The molecule has 0 aliphatic rings. The van der Waals surface area contributed by atoms with Crippen LogP contribution in [0.5, 0.6) is 0 Å². The summed E-state index contributed by atoms with van der Waals surface area (Å²) in [5.41, 5.74) is 0. The Morgan fingerprint density at radius 3 is 1.54 bits per heavy atom. The number of rotatable bonds is 12. The molecule has 0 aromatic rings. The van der Waals surface area contributed by atoms with Crippen LogP contribution >= 0.6 is 0 Å². The molecule has 0 heterocycles. The van der Waals surface area contributed by atoms with Gasteiger partial charge in [0.05, 0.1) is 12.4 Å². The Kier molecular flexibility index (Phi) is 13.0. The zero-order valence-electron chi connectivity index (χ0n) is 17.2. The average molecular weight is 461 g/mol. The molecule has 0 N–H and O–H groups in total. The van der Waals surface area contributed by atoms with Gasteiger partial charge in [-0.3, -0.25) is 0 Å². The fraction of sp³-hybridized carbons (Fsp3) is 1.00. The summed E-state index contributed by atoms with van der Waals surface area (Å²) in [4.78, 5) is 0. The van der Waals surface area contributed by atoms with E-state index in [1.807, 2.05) is 0 Å². The van der Waals surface area contributed by atoms with Gasteiger partial charge in [0.1, 0.15) is 19.2 Å². The van der Waals surface area contributed by atoms with Crippen LogP contribution in [-0.2, 0) is 29.1 Å². The number of hydrogen-bond acceptors (Lipinski definition) is 6. The van der Waals surface area contributed by atoms with E-state index in [0.717, 1.165) is 6.26 Å². The van der Waals surface area contributed by atoms with E-state index in [-0.39, 0.29) is 18.1 Å². The second kappa shape index (κ2) is 12.3. The maximum Gasteiger partial charge on any atom is 0.273 e. The summed E-state index contributed by atoms with van der Waals surface area (Å²) in [6, 6.07) is 0. The molecule has 6 nitrogen and oxygen atoms in total. The van der Waals surface area contributed by atoms with Crippen LogP contribution in [-0.4, -0.2) is 72.2 Å². The lowest BCUT2D eigenvalue weighted by molar-refractivity contribution is -0.106. The maximum absolute atomic E-state index is 13.0. The summed E-state index contributed by atoms with van der Waals surface area (Å²) >= 11 is 0. The molecule has 0 aromatic heterocycles. The van der Waals surface area contributed by atoms with Crippen LogP contribution in [0.25, 0.3) is 0 Å². The van der Waals surface area contributed by atoms with Gasteiger partial charge in [-0.15, -0.1) is 0 Å². The second-order valence-electron chi connectivity index (χ2n) is 7.01. The molecule has 0 atom stereocenters. The van der Waals surface area contributed by atoms with E-state index in [1.54, 1.807) is 0 Å². The zero-order chi connectivity index (χ0) is 22.8. The van der Waals surface area contributed by atoms with E-state index >= 15 is 0 Å². The van der Waals surface area contributed by atoms with Crippen LogP contribution in [0.4, 0.5) is 17.6 Å². The first-order valence-corrected chi connectivity index (χ1v) is 12.5. The Bertz CT molecular complexity index is 632. The van der Waals surface area contributed by atoms with Crippen molar-refractivity contribution in [3.63, 3.8) is 0 Å². The molecule has 0 unspecified atom stereocenters. The van der Waals surface area contributed by atoms with E-state index in [0.29, 0.717) is 0 Å². The van der Waals surface area contributed by atoms with Crippen LogP contribution in [0.3, 0.4) is 0 Å². The Morgan fingerprint density at radius 2 is 1.21 bits per heavy atom. The quantitative estimate of drug-likeness (QED) is 0.329. The largest absolute Gasteiger partial charge is 0.374 e. The van der Waals surface area contributed by atoms with Crippen molar-refractivity contribution in [3.05, 3.63) is 0 Å². The van der Waals surface area contributed by atoms with Crippen molar-refractivity contribution in [2.75, 3.05) is 43.5 Å². The highest BCUT2D eigenvalue weighted by Gasteiger charge is 2.34. The van der Waals surface area contributed by atoms with E-state index < -0.39 is 62.5 Å². The predicted octanol–water partition coefficient (Wildman–Crippen LogP) is 3.03. The van der Waals surface area contributed by atoms with Gasteiger partial charge in [-0.1, -0.05) is 34.6 Å². The molecule has 12 heteroatoms. The first kappa shape index (κ1) is 29.7. The maximum atomic E-state index is 13.0. The van der Waals surface area contributed by atoms with E-state index in [4.69, 9.17) is 0 Å². The Labute approximate surface area is 165 Å². The second-order valence-corrected chi connectivity index (χ2v) is 11.6. The minimum absolute atomic E-state index is 0.0108. The van der Waals surface area contributed by atoms with Crippen molar-refractivity contribution in [2.45, 2.75) is 46.5 Å². The molecule has 0 aliphatic carbocycles. The lowest BCUT2D eigenvalue weighted by Gasteiger charge is -2.19. The lowest BCUT2D eigenvalue weighted by atomic mass is 10.1. The monoisotopic (exact) mass is 460 g/mol. The molecule has 0 bridgehead atoms. The molecule has 0 saturated carbocycles. The van der Waals surface area contributed by atoms with E-state index in [9.17, 15) is 34.4 Å². The van der Waals surface area contributed by atoms with Gasteiger partial charge in [0.15, 0.2) is 19.7 Å². The van der Waals surface area contributed by atoms with Crippen LogP contribution < -0.4 is 0 Å². The minimum Gasteiger partial charge on any atom is -0.374 e. The minimum atomic E-state index is -3.33. The summed E-state index contributed by atoms with van der Waals surface area (Å²) in [5.74, 6) is -8.36. The third-order valence-electron chi connectivity index (χ3n) is 3.55. The number of ether oxygens (including phenoxy) is 2. The summed E-state index contributed by atoms with van der Waals surface area (Å²) in [6.45, 7) is 5.27. The molecule has 0 rings (SSSR count). The highest BCUT2D eigenvalue weighted by Crippen LogP contribution is 2.24. The fourth-order valence-corrected chi connectivity index (χ4v) is 2.25. The number of hydrogen-bond donors (Lipinski definition) is 0. The third-order valence-corrected chi connectivity index (χ3v) is 5.82. The molecule has 0 aliphatic heterocycles. The average Bonchev–Trinajstić information content (AvgIpc) is 2.50. The third kappa shape index (κ3) is 15.5. The first-order valence-electron chi connectivity index (χ1n) is 8.65. The molecule has 0 radical (unpaired) electrons. The van der Waals surface area contributed by atoms with Crippen molar-refractivity contribution in [3.8, 4) is 0 Å². The Morgan fingerprint density at radius 1 is 0.821 bits per heavy atom. The lowest BCUT2D eigenvalue weighted by Crippen LogP contribution is -2.31. The predicted molar refractivity (Wildman–Crippen MR) is 100 cm³/mol. The van der Waals surface area contributed by atoms with Gasteiger partial charge in [0.25, 0.3) is 11.8 Å². The molecule has 0 aromatic carbocycles. The van der Waals surface area contributed by atoms with Gasteiger partial charge in [-0.05, 0) is 0 Å². The number of halogens is 4. The van der Waals surface area contributed by atoms with Gasteiger partial charge >= 0.3 is 0 Å². The SMILES string of the molecule is CC(C)C(F)(F)COCS(C)(=O)=O.CCS(=O)(=O)CCOCC(F)(F)C(C)C. The van der Waals surface area contributed by atoms with Crippen molar-refractivity contribution in [2.24, 2.45) is 11.8 Å². The summed E-state index contributed by atoms with van der Waals surface area (Å²) in [5, 5.41) is 0. The van der Waals surface area contributed by atoms with Crippen molar-refractivity contribution in [1.29, 1.82) is 0 Å². The molecule has 172 valence electrons. The van der Waals surface area contributed by atoms with Gasteiger partial charge < -0.3 is 9.47 Å². The highest BCUT2D eigenvalue weighted by molar-refractivity contribution is 7.91. The number of sulfone groups is 2. The van der Waals surface area contributed by atoms with Gasteiger partial charge in [0, 0.05) is 23.8 Å². The van der Waals surface area contributed by atoms with E-state index in [1.165, 1.54) is 34.6 Å². The van der Waals surface area contributed by atoms with Crippen LogP contribution in [0.2, 0.25) is 0 Å². The zero-order valence-corrected chi connectivity index (χ0v) is 18.8. The van der Waals surface area contributed by atoms with Crippen LogP contribution in [0.1, 0.15) is 34.6 Å². The summed E-state index contributed by atoms with van der Waals surface area (Å²) in [6.07, 6.45) is 0.931. The Hall–Kier alpha value is -0.460. The summed E-state index contributed by atoms with van der Waals surface area (Å²) < 4.78 is 104. The standard InChI is InChI=1S/C9H18F2O3S.C7H14F2O3S/c1-4-15(12,13)6-5-14-7-9(10,11)8(2)3;1-6(2)7(8,9)4-12-5-13(3,10)11/h8H,4-7H2,1-3H3;6H,4-5H2,1-3H3. The van der Waals surface area contributed by atoms with Crippen LogP contribution in [0, 0.1) is 11.8 Å². The molecular formula is C16H32F4O6S2. The van der Waals surface area contributed by atoms with Crippen molar-refractivity contribution < 1.29 is 43.9 Å². The molecule has 28 heavy (non-hydrogen) atoms. The number of alkyl halides is 4. The normalized spacial score (nSPS) is 13.6. The molecule has 0 fully saturated rings. The first-order chi connectivity index (χ1) is 12.4. The fourth-order valence-electron chi connectivity index (χ4n) is 1.20. The molecule has 0 spiro atoms. The molecular weight excluding hydrogens is 428 g/mol. The highest BCUT2D eigenvalue weighted by atomic mass is 32.2. The van der Waals surface area contributed by atoms with Gasteiger partial charge in [-0.25, -0.2) is 34.4 Å². The Balaban J connectivity index is 0. The summed E-state index contributed by atoms with van der Waals surface area (Å²) in [7, 11) is -6.46. The molecule has 0 amide bonds.